The molecule has 0 radical (unpaired) electrons. The van der Waals surface area contributed by atoms with E-state index in [4.69, 9.17) is 19.5 Å². The molecule has 28 heteroatoms. The lowest BCUT2D eigenvalue weighted by Gasteiger charge is -2.30. The van der Waals surface area contributed by atoms with E-state index in [1.807, 2.05) is 31.2 Å². The van der Waals surface area contributed by atoms with Crippen LogP contribution >= 0.6 is 35.2 Å². The largest absolute Gasteiger partial charge is 0.481 e. The second-order valence-electron chi connectivity index (χ2n) is 14.9. The average Bonchev–Trinajstić information content (AvgIpc) is 3.76. The number of thioether (sulfide) groups is 1. The Labute approximate surface area is 360 Å². The third kappa shape index (κ3) is 14.4. The average molecular weight is 956 g/mol. The topological polar surface area (TPSA) is 364 Å². The van der Waals surface area contributed by atoms with E-state index in [1.54, 1.807) is 0 Å². The minimum Gasteiger partial charge on any atom is -0.386 e. The molecule has 0 aliphatic carbocycles. The monoisotopic (exact) mass is 955 g/mol. The van der Waals surface area contributed by atoms with Crippen LogP contribution in [0.25, 0.3) is 11.2 Å². The van der Waals surface area contributed by atoms with Gasteiger partial charge in [-0.3, -0.25) is 32.5 Å². The van der Waals surface area contributed by atoms with Gasteiger partial charge in [0.2, 0.25) is 11.8 Å². The minimum atomic E-state index is -5.58. The van der Waals surface area contributed by atoms with Crippen LogP contribution in [-0.4, -0.2) is 123 Å². The van der Waals surface area contributed by atoms with Crippen molar-refractivity contribution in [1.29, 1.82) is 0 Å². The van der Waals surface area contributed by atoms with E-state index in [0.717, 1.165) is 41.0 Å². The van der Waals surface area contributed by atoms with Crippen LogP contribution in [0.15, 0.2) is 36.9 Å². The zero-order chi connectivity index (χ0) is 46.2. The molecule has 24 nitrogen and oxygen atoms in total. The maximum Gasteiger partial charge on any atom is 0.481 e. The van der Waals surface area contributed by atoms with Gasteiger partial charge in [0.25, 0.3) is 0 Å². The number of nitrogens with zero attached hydrogens (tertiary/aromatic N) is 4. The number of aliphatic hydroxyl groups excluding tert-OH is 2. The highest BCUT2D eigenvalue weighted by Crippen LogP contribution is 2.61. The molecule has 3 heterocycles. The van der Waals surface area contributed by atoms with Gasteiger partial charge < -0.3 is 50.9 Å². The van der Waals surface area contributed by atoms with Gasteiger partial charge in [-0.05, 0) is 23.5 Å². The number of imidazole rings is 1. The number of carbonyl (C=O) groups excluding carboxylic acids is 3. The summed E-state index contributed by atoms with van der Waals surface area (Å²) >= 11 is 1.09. The molecule has 1 aliphatic heterocycles. The molecular formula is C34H52N7O17P3S. The third-order valence-corrected chi connectivity index (χ3v) is 13.9. The van der Waals surface area contributed by atoms with E-state index >= 15 is 0 Å². The molecule has 346 valence electrons. The molecule has 1 aliphatic rings. The molecule has 2 aromatic heterocycles. The zero-order valence-corrected chi connectivity index (χ0v) is 37.7. The predicted molar refractivity (Wildman–Crippen MR) is 221 cm³/mol. The van der Waals surface area contributed by atoms with Crippen LogP contribution < -0.4 is 16.4 Å². The quantitative estimate of drug-likeness (QED) is 0.0484. The fraction of sp³-hybridized carbons (Fsp3) is 0.588. The highest BCUT2D eigenvalue weighted by Gasteiger charge is 2.50. The number of rotatable bonds is 23. The lowest BCUT2D eigenvalue weighted by molar-refractivity contribution is -0.137. The number of hydrogen-bond donors (Lipinski definition) is 9. The summed E-state index contributed by atoms with van der Waals surface area (Å²) in [5.74, 6) is -1.05. The number of nitrogens with two attached hydrogens (primary N) is 1. The Morgan fingerprint density at radius 1 is 0.984 bits per heavy atom. The molecule has 1 fully saturated rings. The first-order valence-electron chi connectivity index (χ1n) is 19.0. The first-order valence-corrected chi connectivity index (χ1v) is 24.5. The Hall–Kier alpha value is -3.22. The Morgan fingerprint density at radius 2 is 1.63 bits per heavy atom. The van der Waals surface area contributed by atoms with Gasteiger partial charge in [0.15, 0.2) is 22.8 Å². The van der Waals surface area contributed by atoms with Gasteiger partial charge >= 0.3 is 23.5 Å². The van der Waals surface area contributed by atoms with Gasteiger partial charge in [-0.15, -0.1) is 0 Å². The minimum absolute atomic E-state index is 0.0297. The van der Waals surface area contributed by atoms with Gasteiger partial charge in [-0.25, -0.2) is 28.6 Å². The van der Waals surface area contributed by atoms with Crippen molar-refractivity contribution in [2.75, 3.05) is 37.8 Å². The molecule has 2 amide bonds. The van der Waals surface area contributed by atoms with Crippen LogP contribution in [0.1, 0.15) is 76.7 Å². The molecule has 62 heavy (non-hydrogen) atoms. The number of anilines is 1. The first-order chi connectivity index (χ1) is 28.8. The molecule has 9 atom stereocenters. The van der Waals surface area contributed by atoms with E-state index in [9.17, 15) is 57.9 Å². The molecule has 0 saturated carbocycles. The Balaban J connectivity index is 1.20. The lowest BCUT2D eigenvalue weighted by Crippen LogP contribution is -2.46. The van der Waals surface area contributed by atoms with Crippen molar-refractivity contribution in [1.82, 2.24) is 30.2 Å². The summed E-state index contributed by atoms with van der Waals surface area (Å²) in [7, 11) is -16.4. The van der Waals surface area contributed by atoms with E-state index in [0.29, 0.717) is 11.7 Å². The first kappa shape index (κ1) is 51.4. The number of benzene rings is 1. The number of aromatic nitrogens is 4. The van der Waals surface area contributed by atoms with Crippen LogP contribution in [0.2, 0.25) is 0 Å². The van der Waals surface area contributed by atoms with Crippen molar-refractivity contribution < 1.29 is 80.5 Å². The van der Waals surface area contributed by atoms with Crippen molar-refractivity contribution >= 4 is 69.1 Å². The van der Waals surface area contributed by atoms with Crippen LogP contribution in [0.4, 0.5) is 5.82 Å². The maximum atomic E-state index is 12.7. The highest BCUT2D eigenvalue weighted by atomic mass is 32.2. The molecule has 5 unspecified atom stereocenters. The molecule has 4 rings (SSSR count). The van der Waals surface area contributed by atoms with E-state index in [2.05, 4.69) is 48.3 Å². The van der Waals surface area contributed by atoms with Crippen LogP contribution in [0, 0.1) is 5.41 Å². The third-order valence-electron chi connectivity index (χ3n) is 9.72. The number of nitrogens with one attached hydrogen (secondary N) is 2. The van der Waals surface area contributed by atoms with E-state index < -0.39 is 84.6 Å². The molecule has 1 aromatic carbocycles. The number of carbonyl (C=O) groups is 3. The Kier molecular flexibility index (Phi) is 17.9. The molecule has 0 bridgehead atoms. The van der Waals surface area contributed by atoms with Crippen LogP contribution in [-0.2, 0) is 50.7 Å². The maximum absolute atomic E-state index is 12.7. The number of amides is 2. The van der Waals surface area contributed by atoms with Crippen molar-refractivity contribution in [3.8, 4) is 0 Å². The predicted octanol–water partition coefficient (Wildman–Crippen LogP) is 1.98. The number of hydrogen-bond acceptors (Lipinski definition) is 18. The highest BCUT2D eigenvalue weighted by molar-refractivity contribution is 8.13. The number of phosphoric ester groups is 3. The molecule has 10 N–H and O–H groups in total. The van der Waals surface area contributed by atoms with Gasteiger partial charge in [-0.1, -0.05) is 70.6 Å². The normalized spacial score (nSPS) is 21.7. The van der Waals surface area contributed by atoms with Crippen molar-refractivity contribution in [3.05, 3.63) is 48.0 Å². The van der Waals surface area contributed by atoms with Crippen molar-refractivity contribution in [3.63, 3.8) is 0 Å². The van der Waals surface area contributed by atoms with Gasteiger partial charge in [0.05, 0.1) is 25.5 Å². The number of ether oxygens (including phenoxy) is 1. The number of fused-ring (bicyclic) bond motifs is 1. The summed E-state index contributed by atoms with van der Waals surface area (Å²) in [6.45, 7) is 6.54. The van der Waals surface area contributed by atoms with Gasteiger partial charge in [-0.2, -0.15) is 4.31 Å². The second kappa shape index (κ2) is 21.6. The van der Waals surface area contributed by atoms with Crippen molar-refractivity contribution in [2.45, 2.75) is 89.9 Å². The number of phosphoric acid groups is 3. The lowest BCUT2D eigenvalue weighted by atomic mass is 9.87. The zero-order valence-electron chi connectivity index (χ0n) is 34.2. The van der Waals surface area contributed by atoms with E-state index in [-0.39, 0.29) is 47.5 Å². The van der Waals surface area contributed by atoms with Gasteiger partial charge in [0, 0.05) is 30.7 Å². The van der Waals surface area contributed by atoms with Gasteiger partial charge in [0.1, 0.15) is 36.3 Å². The molecular weight excluding hydrogens is 903 g/mol. The Morgan fingerprint density at radius 3 is 2.27 bits per heavy atom. The van der Waals surface area contributed by atoms with E-state index in [1.165, 1.54) is 19.4 Å². The number of nitrogen functional groups attached to an aromatic ring is 1. The fourth-order valence-electron chi connectivity index (χ4n) is 5.89. The summed E-state index contributed by atoms with van der Waals surface area (Å²) in [4.78, 5) is 88.8. The molecule has 0 spiro atoms. The summed E-state index contributed by atoms with van der Waals surface area (Å²) < 4.78 is 62.3. The standard InChI is InChI=1S/C34H52N7O17P3S/c1-6-19(2)21-7-9-22(10-8-21)20(3)33(46)62-14-13-36-24(42)11-12-37-31(45)28(44)34(4,5)16-55-61(52,53)58-60(50,51)54-15-23-27(57-59(47,48)49)26(43)32(56-23)41-18-40-25-29(35)38-17-39-30(25)41/h7-10,17-20,23,26-28,32,43-44H,6,11-16H2,1-5H3,(H,36,42)(H,37,45)(H,50,51)(H,52,53)(H2,35,38,39)(H2,47,48,49)/t19?,20?,23-,26-,27-,28?,32-/m1/s1. The van der Waals surface area contributed by atoms with Crippen LogP contribution in [0.5, 0.6) is 0 Å². The summed E-state index contributed by atoms with van der Waals surface area (Å²) in [6.07, 6.45) is -5.93. The Bertz CT molecular complexity index is 2180. The van der Waals surface area contributed by atoms with Crippen molar-refractivity contribution in [2.24, 2.45) is 5.41 Å². The fourth-order valence-corrected chi connectivity index (χ4v) is 9.51. The number of aliphatic hydroxyl groups is 2. The molecule has 3 aromatic rings. The van der Waals surface area contributed by atoms with Crippen LogP contribution in [0.3, 0.4) is 0 Å². The summed E-state index contributed by atoms with van der Waals surface area (Å²) in [5.41, 5.74) is 6.36. The second-order valence-corrected chi connectivity index (χ2v) is 20.3. The smallest absolute Gasteiger partial charge is 0.386 e. The summed E-state index contributed by atoms with van der Waals surface area (Å²) in [5, 5.41) is 26.5. The summed E-state index contributed by atoms with van der Waals surface area (Å²) in [6, 6.07) is 7.95. The molecule has 1 saturated heterocycles. The SMILES string of the molecule is CCC(C)c1ccc(C(C)C(=O)SCCNC(=O)CCNC(=O)C(O)C(C)(C)COP(=O)(O)OP(=O)(O)OC[C@H]2O[C@@H](n3cnc4c(N)ncnc43)[C@H](O)[C@@H]2OP(=O)(O)O)cc1.